The Bertz CT molecular complexity index is 660. The van der Waals surface area contributed by atoms with Crippen molar-refractivity contribution < 1.29 is 19.0 Å². The van der Waals surface area contributed by atoms with Crippen LogP contribution < -0.4 is 4.74 Å². The van der Waals surface area contributed by atoms with Gasteiger partial charge in [0.05, 0.1) is 0 Å². The van der Waals surface area contributed by atoms with E-state index < -0.39 is 5.97 Å². The number of ether oxygens (including phenoxy) is 1. The van der Waals surface area contributed by atoms with E-state index in [1.165, 1.54) is 18.2 Å². The van der Waals surface area contributed by atoms with E-state index in [0.29, 0.717) is 12.4 Å². The van der Waals surface area contributed by atoms with Gasteiger partial charge in [0.25, 0.3) is 0 Å². The van der Waals surface area contributed by atoms with Gasteiger partial charge in [-0.2, -0.15) is 0 Å². The van der Waals surface area contributed by atoms with Crippen LogP contribution in [-0.4, -0.2) is 11.1 Å². The van der Waals surface area contributed by atoms with E-state index in [2.05, 4.69) is 0 Å². The van der Waals surface area contributed by atoms with E-state index in [1.54, 1.807) is 13.0 Å². The molecule has 0 fully saturated rings. The number of carbonyl (C=O) groups is 1. The first-order chi connectivity index (χ1) is 10.0. The number of hydrogen-bond acceptors (Lipinski definition) is 2. The van der Waals surface area contributed by atoms with Crippen LogP contribution in [0.5, 0.6) is 5.75 Å². The van der Waals surface area contributed by atoms with Gasteiger partial charge in [0.15, 0.2) is 0 Å². The van der Waals surface area contributed by atoms with Crippen molar-refractivity contribution in [3.63, 3.8) is 0 Å². The number of benzene rings is 2. The molecule has 0 aliphatic heterocycles. The molecule has 21 heavy (non-hydrogen) atoms. The molecule has 0 aromatic heterocycles. The van der Waals surface area contributed by atoms with Crippen LogP contribution in [0.2, 0.25) is 0 Å². The average molecular weight is 286 g/mol. The Morgan fingerprint density at radius 2 is 1.95 bits per heavy atom. The zero-order chi connectivity index (χ0) is 15.2. The fourth-order valence-corrected chi connectivity index (χ4v) is 1.83. The van der Waals surface area contributed by atoms with Crippen molar-refractivity contribution in [2.24, 2.45) is 0 Å². The highest BCUT2D eigenvalue weighted by atomic mass is 19.1. The average Bonchev–Trinajstić information content (AvgIpc) is 2.45. The number of hydrogen-bond donors (Lipinski definition) is 1. The van der Waals surface area contributed by atoms with Gasteiger partial charge >= 0.3 is 5.97 Å². The number of rotatable bonds is 5. The number of carboxylic acid groups (broad SMARTS) is 1. The van der Waals surface area contributed by atoms with E-state index in [1.807, 2.05) is 24.3 Å². The minimum Gasteiger partial charge on any atom is -0.489 e. The largest absolute Gasteiger partial charge is 0.489 e. The van der Waals surface area contributed by atoms with E-state index in [0.717, 1.165) is 22.8 Å². The molecule has 0 saturated carbocycles. The smallest absolute Gasteiger partial charge is 0.328 e. The molecular formula is C17H15FO3. The van der Waals surface area contributed by atoms with Crippen LogP contribution >= 0.6 is 0 Å². The summed E-state index contributed by atoms with van der Waals surface area (Å²) in [6.45, 7) is 2.16. The summed E-state index contributed by atoms with van der Waals surface area (Å²) in [6.07, 6.45) is 2.62. The quantitative estimate of drug-likeness (QED) is 0.850. The number of carboxylic acids is 1. The number of aliphatic carboxylic acids is 1. The second-order valence-electron chi connectivity index (χ2n) is 4.61. The Morgan fingerprint density at radius 1 is 1.24 bits per heavy atom. The lowest BCUT2D eigenvalue weighted by atomic mass is 10.1. The zero-order valence-corrected chi connectivity index (χ0v) is 11.5. The third-order valence-electron chi connectivity index (χ3n) is 2.93. The highest BCUT2D eigenvalue weighted by molar-refractivity contribution is 5.85. The number of halogens is 1. The minimum absolute atomic E-state index is 0.283. The molecule has 0 spiro atoms. The van der Waals surface area contributed by atoms with Gasteiger partial charge in [-0.05, 0) is 47.9 Å². The summed E-state index contributed by atoms with van der Waals surface area (Å²) < 4.78 is 18.6. The Kier molecular flexibility index (Phi) is 4.72. The Labute approximate surface area is 122 Å². The third-order valence-corrected chi connectivity index (χ3v) is 2.93. The number of aryl methyl sites for hydroxylation is 1. The van der Waals surface area contributed by atoms with E-state index >= 15 is 0 Å². The van der Waals surface area contributed by atoms with Crippen LogP contribution in [0.25, 0.3) is 6.08 Å². The topological polar surface area (TPSA) is 46.5 Å². The normalized spacial score (nSPS) is 10.8. The van der Waals surface area contributed by atoms with Gasteiger partial charge in [-0.1, -0.05) is 24.3 Å². The molecule has 2 rings (SSSR count). The maximum atomic E-state index is 13.0. The van der Waals surface area contributed by atoms with Crippen LogP contribution in [-0.2, 0) is 11.4 Å². The van der Waals surface area contributed by atoms with Crippen LogP contribution in [0.4, 0.5) is 4.39 Å². The van der Waals surface area contributed by atoms with Gasteiger partial charge in [-0.15, -0.1) is 0 Å². The van der Waals surface area contributed by atoms with Crippen molar-refractivity contribution in [2.75, 3.05) is 0 Å². The highest BCUT2D eigenvalue weighted by Gasteiger charge is 2.02. The second kappa shape index (κ2) is 6.70. The molecule has 0 unspecified atom stereocenters. The molecular weight excluding hydrogens is 271 g/mol. The maximum absolute atomic E-state index is 13.0. The van der Waals surface area contributed by atoms with E-state index in [9.17, 15) is 9.18 Å². The van der Waals surface area contributed by atoms with E-state index in [-0.39, 0.29) is 5.82 Å². The molecule has 108 valence electrons. The van der Waals surface area contributed by atoms with Crippen LogP contribution in [0, 0.1) is 12.7 Å². The molecule has 1 N–H and O–H groups in total. The molecule has 3 nitrogen and oxygen atoms in total. The summed E-state index contributed by atoms with van der Waals surface area (Å²) in [5.74, 6) is -0.616. The SMILES string of the molecule is Cc1cc(F)ccc1OCc1ccc(/C=C/C(=O)O)cc1. The lowest BCUT2D eigenvalue weighted by Crippen LogP contribution is -1.97. The lowest BCUT2D eigenvalue weighted by molar-refractivity contribution is -0.131. The predicted molar refractivity (Wildman–Crippen MR) is 78.6 cm³/mol. The molecule has 0 bridgehead atoms. The van der Waals surface area contributed by atoms with Gasteiger partial charge in [0, 0.05) is 6.08 Å². The monoisotopic (exact) mass is 286 g/mol. The minimum atomic E-state index is -0.978. The standard InChI is InChI=1S/C17H15FO3/c1-12-10-15(18)7-8-16(12)21-11-14-4-2-13(3-5-14)6-9-17(19)20/h2-10H,11H2,1H3,(H,19,20)/b9-6+. The Morgan fingerprint density at radius 3 is 2.57 bits per heavy atom. The van der Waals surface area contributed by atoms with Gasteiger partial charge < -0.3 is 9.84 Å². The van der Waals surface area contributed by atoms with Gasteiger partial charge in [0.1, 0.15) is 18.2 Å². The summed E-state index contributed by atoms with van der Waals surface area (Å²) in [7, 11) is 0. The summed E-state index contributed by atoms with van der Waals surface area (Å²) >= 11 is 0. The first-order valence-corrected chi connectivity index (χ1v) is 6.43. The fourth-order valence-electron chi connectivity index (χ4n) is 1.83. The first-order valence-electron chi connectivity index (χ1n) is 6.43. The summed E-state index contributed by atoms with van der Waals surface area (Å²) in [5.41, 5.74) is 2.50. The van der Waals surface area contributed by atoms with Crippen molar-refractivity contribution >= 4 is 12.0 Å². The molecule has 0 aliphatic carbocycles. The van der Waals surface area contributed by atoms with Crippen molar-refractivity contribution in [1.29, 1.82) is 0 Å². The van der Waals surface area contributed by atoms with Crippen LogP contribution in [0.15, 0.2) is 48.5 Å². The van der Waals surface area contributed by atoms with Crippen molar-refractivity contribution in [1.82, 2.24) is 0 Å². The van der Waals surface area contributed by atoms with Crippen molar-refractivity contribution in [3.8, 4) is 5.75 Å². The molecule has 0 amide bonds. The molecule has 0 radical (unpaired) electrons. The molecule has 0 heterocycles. The van der Waals surface area contributed by atoms with Crippen molar-refractivity contribution in [2.45, 2.75) is 13.5 Å². The zero-order valence-electron chi connectivity index (χ0n) is 11.5. The van der Waals surface area contributed by atoms with Gasteiger partial charge in [-0.25, -0.2) is 9.18 Å². The fraction of sp³-hybridized carbons (Fsp3) is 0.118. The van der Waals surface area contributed by atoms with Crippen LogP contribution in [0.1, 0.15) is 16.7 Å². The molecule has 2 aromatic rings. The van der Waals surface area contributed by atoms with E-state index in [4.69, 9.17) is 9.84 Å². The molecule has 0 atom stereocenters. The van der Waals surface area contributed by atoms with Crippen molar-refractivity contribution in [3.05, 3.63) is 71.0 Å². The molecule has 4 heteroatoms. The predicted octanol–water partition coefficient (Wildman–Crippen LogP) is 3.81. The lowest BCUT2D eigenvalue weighted by Gasteiger charge is -2.09. The Hall–Kier alpha value is -2.62. The summed E-state index contributed by atoms with van der Waals surface area (Å²) in [6, 6.07) is 11.7. The first kappa shape index (κ1) is 14.8. The Balaban J connectivity index is 1.99. The molecule has 2 aromatic carbocycles. The van der Waals surface area contributed by atoms with Gasteiger partial charge in [0.2, 0.25) is 0 Å². The summed E-state index contributed by atoms with van der Waals surface area (Å²) in [4.78, 5) is 10.4. The second-order valence-corrected chi connectivity index (χ2v) is 4.61. The highest BCUT2D eigenvalue weighted by Crippen LogP contribution is 2.20. The summed E-state index contributed by atoms with van der Waals surface area (Å²) in [5, 5.41) is 8.55. The molecule has 0 saturated heterocycles. The van der Waals surface area contributed by atoms with Crippen LogP contribution in [0.3, 0.4) is 0 Å². The molecule has 0 aliphatic rings. The maximum Gasteiger partial charge on any atom is 0.328 e. The van der Waals surface area contributed by atoms with Gasteiger partial charge in [-0.3, -0.25) is 0 Å². The third kappa shape index (κ3) is 4.45.